The normalized spacial score (nSPS) is 16.4. The molecule has 1 aliphatic carbocycles. The number of anilines is 1. The average molecular weight is 266 g/mol. The van der Waals surface area contributed by atoms with E-state index >= 15 is 0 Å². The van der Waals surface area contributed by atoms with Gasteiger partial charge in [0.1, 0.15) is 11.6 Å². The monoisotopic (exact) mass is 266 g/mol. The summed E-state index contributed by atoms with van der Waals surface area (Å²) in [6.45, 7) is 4.38. The Morgan fingerprint density at radius 1 is 1.39 bits per heavy atom. The van der Waals surface area contributed by atoms with Gasteiger partial charge >= 0.3 is 0 Å². The fraction of sp³-hybridized carbons (Fsp3) is 0.692. The van der Waals surface area contributed by atoms with Crippen LogP contribution in [-0.2, 0) is 5.75 Å². The molecule has 1 heterocycles. The highest BCUT2D eigenvalue weighted by Crippen LogP contribution is 2.33. The summed E-state index contributed by atoms with van der Waals surface area (Å²) >= 11 is 1.86. The summed E-state index contributed by atoms with van der Waals surface area (Å²) < 4.78 is 0. The molecule has 1 aliphatic rings. The number of aromatic nitrogens is 2. The first-order chi connectivity index (χ1) is 8.69. The zero-order valence-electron chi connectivity index (χ0n) is 11.1. The van der Waals surface area contributed by atoms with Crippen LogP contribution in [-0.4, -0.2) is 15.2 Å². The molecular weight excluding hydrogens is 244 g/mol. The number of nitrogens with zero attached hydrogens (tertiary/aromatic N) is 2. The summed E-state index contributed by atoms with van der Waals surface area (Å²) in [7, 11) is 0. The number of nitrogens with one attached hydrogen (secondary N) is 1. The van der Waals surface area contributed by atoms with E-state index in [1.54, 1.807) is 0 Å². The minimum absolute atomic E-state index is 0.595. The predicted octanol–water partition coefficient (Wildman–Crippen LogP) is 3.06. The minimum atomic E-state index is 0.595. The van der Waals surface area contributed by atoms with E-state index in [4.69, 9.17) is 10.8 Å². The minimum Gasteiger partial charge on any atom is -0.308 e. The largest absolute Gasteiger partial charge is 0.308 e. The highest BCUT2D eigenvalue weighted by molar-refractivity contribution is 7.99. The van der Waals surface area contributed by atoms with Crippen LogP contribution in [0.25, 0.3) is 0 Å². The molecule has 5 heteroatoms. The van der Waals surface area contributed by atoms with Crippen molar-refractivity contribution in [2.24, 2.45) is 5.84 Å². The molecule has 0 saturated heterocycles. The van der Waals surface area contributed by atoms with Gasteiger partial charge in [0.05, 0.1) is 5.75 Å². The van der Waals surface area contributed by atoms with Crippen LogP contribution in [0.3, 0.4) is 0 Å². The van der Waals surface area contributed by atoms with Crippen molar-refractivity contribution in [3.05, 3.63) is 17.6 Å². The number of rotatable bonds is 5. The molecular formula is C13H22N4S. The number of thioether (sulfide) groups is 1. The molecule has 4 nitrogen and oxygen atoms in total. The quantitative estimate of drug-likeness (QED) is 0.633. The molecule has 0 unspecified atom stereocenters. The van der Waals surface area contributed by atoms with Gasteiger partial charge in [0.15, 0.2) is 0 Å². The Hall–Kier alpha value is -0.810. The molecule has 0 aromatic carbocycles. The highest BCUT2D eigenvalue weighted by atomic mass is 32.2. The SMILES string of the molecule is CC(C)SCc1nc(NN)cc(C2CCCC2)n1. The summed E-state index contributed by atoms with van der Waals surface area (Å²) in [5.41, 5.74) is 3.82. The third-order valence-corrected chi connectivity index (χ3v) is 4.35. The van der Waals surface area contributed by atoms with E-state index in [0.29, 0.717) is 11.2 Å². The molecule has 1 saturated carbocycles. The molecule has 1 aromatic heterocycles. The number of hydrazine groups is 1. The molecule has 0 bridgehead atoms. The van der Waals surface area contributed by atoms with Gasteiger partial charge in [0, 0.05) is 17.7 Å². The Labute approximate surface area is 113 Å². The van der Waals surface area contributed by atoms with Crippen molar-refractivity contribution < 1.29 is 0 Å². The van der Waals surface area contributed by atoms with Crippen molar-refractivity contribution in [1.82, 2.24) is 9.97 Å². The third kappa shape index (κ3) is 3.59. The molecule has 1 aromatic rings. The molecule has 18 heavy (non-hydrogen) atoms. The smallest absolute Gasteiger partial charge is 0.143 e. The molecule has 0 radical (unpaired) electrons. The summed E-state index contributed by atoms with van der Waals surface area (Å²) in [5.74, 6) is 8.59. The number of hydrogen-bond acceptors (Lipinski definition) is 5. The second kappa shape index (κ2) is 6.38. The van der Waals surface area contributed by atoms with Crippen LogP contribution in [0.15, 0.2) is 6.07 Å². The van der Waals surface area contributed by atoms with Crippen LogP contribution in [0, 0.1) is 0 Å². The Bertz CT molecular complexity index is 389. The van der Waals surface area contributed by atoms with Gasteiger partial charge in [-0.3, -0.25) is 0 Å². The van der Waals surface area contributed by atoms with Gasteiger partial charge in [-0.25, -0.2) is 15.8 Å². The van der Waals surface area contributed by atoms with Crippen LogP contribution >= 0.6 is 11.8 Å². The zero-order valence-corrected chi connectivity index (χ0v) is 12.0. The lowest BCUT2D eigenvalue weighted by Gasteiger charge is -2.12. The lowest BCUT2D eigenvalue weighted by atomic mass is 10.0. The van der Waals surface area contributed by atoms with Crippen molar-refractivity contribution in [1.29, 1.82) is 0 Å². The lowest BCUT2D eigenvalue weighted by Crippen LogP contribution is -2.12. The van der Waals surface area contributed by atoms with E-state index in [2.05, 4.69) is 24.3 Å². The standard InChI is InChI=1S/C13H22N4S/c1-9(2)18-8-13-15-11(7-12(16-13)17-14)10-5-3-4-6-10/h7,9-10H,3-6,8,14H2,1-2H3,(H,15,16,17). The van der Waals surface area contributed by atoms with Crippen LogP contribution in [0.2, 0.25) is 0 Å². The predicted molar refractivity (Wildman–Crippen MR) is 77.5 cm³/mol. The van der Waals surface area contributed by atoms with Gasteiger partial charge in [-0.05, 0) is 18.1 Å². The van der Waals surface area contributed by atoms with Crippen molar-refractivity contribution in [3.8, 4) is 0 Å². The highest BCUT2D eigenvalue weighted by Gasteiger charge is 2.19. The Balaban J connectivity index is 2.15. The van der Waals surface area contributed by atoms with Crippen molar-refractivity contribution in [2.45, 2.75) is 56.5 Å². The van der Waals surface area contributed by atoms with Crippen LogP contribution < -0.4 is 11.3 Å². The first-order valence-electron chi connectivity index (χ1n) is 6.65. The van der Waals surface area contributed by atoms with Crippen LogP contribution in [0.5, 0.6) is 0 Å². The van der Waals surface area contributed by atoms with Crippen LogP contribution in [0.4, 0.5) is 5.82 Å². The summed E-state index contributed by atoms with van der Waals surface area (Å²) in [5, 5.41) is 0.595. The van der Waals surface area contributed by atoms with Crippen LogP contribution in [0.1, 0.15) is 57.0 Å². The Morgan fingerprint density at radius 2 is 2.11 bits per heavy atom. The van der Waals surface area contributed by atoms with Crippen molar-refractivity contribution in [3.63, 3.8) is 0 Å². The molecule has 100 valence electrons. The average Bonchev–Trinajstić information content (AvgIpc) is 2.89. The Morgan fingerprint density at radius 3 is 2.72 bits per heavy atom. The first-order valence-corrected chi connectivity index (χ1v) is 7.70. The fourth-order valence-electron chi connectivity index (χ4n) is 2.33. The number of nitrogens with two attached hydrogens (primary N) is 1. The van der Waals surface area contributed by atoms with E-state index in [1.807, 2.05) is 17.8 Å². The van der Waals surface area contributed by atoms with E-state index in [1.165, 1.54) is 25.7 Å². The van der Waals surface area contributed by atoms with Crippen molar-refractivity contribution >= 4 is 17.6 Å². The van der Waals surface area contributed by atoms with Gasteiger partial charge in [-0.2, -0.15) is 11.8 Å². The second-order valence-corrected chi connectivity index (χ2v) is 6.64. The maximum Gasteiger partial charge on any atom is 0.143 e. The maximum absolute atomic E-state index is 5.50. The van der Waals surface area contributed by atoms with Crippen molar-refractivity contribution in [2.75, 3.05) is 5.43 Å². The topological polar surface area (TPSA) is 63.8 Å². The molecule has 0 spiro atoms. The van der Waals surface area contributed by atoms with Gasteiger partial charge in [-0.15, -0.1) is 0 Å². The molecule has 0 atom stereocenters. The molecule has 3 N–H and O–H groups in total. The summed E-state index contributed by atoms with van der Waals surface area (Å²) in [6, 6.07) is 2.00. The number of hydrogen-bond donors (Lipinski definition) is 2. The van der Waals surface area contributed by atoms with E-state index < -0.39 is 0 Å². The summed E-state index contributed by atoms with van der Waals surface area (Å²) in [6.07, 6.45) is 5.13. The molecule has 1 fully saturated rings. The zero-order chi connectivity index (χ0) is 13.0. The molecule has 0 aliphatic heterocycles. The van der Waals surface area contributed by atoms with Gasteiger partial charge in [0.25, 0.3) is 0 Å². The maximum atomic E-state index is 5.50. The first kappa shape index (κ1) is 13.6. The van der Waals surface area contributed by atoms with E-state index in [0.717, 1.165) is 23.1 Å². The van der Waals surface area contributed by atoms with E-state index in [9.17, 15) is 0 Å². The van der Waals surface area contributed by atoms with Gasteiger partial charge in [0.2, 0.25) is 0 Å². The fourth-order valence-corrected chi connectivity index (χ4v) is 2.94. The molecule has 0 amide bonds. The molecule has 2 rings (SSSR count). The third-order valence-electron chi connectivity index (χ3n) is 3.26. The van der Waals surface area contributed by atoms with Gasteiger partial charge in [-0.1, -0.05) is 26.7 Å². The van der Waals surface area contributed by atoms with Gasteiger partial charge < -0.3 is 5.43 Å². The lowest BCUT2D eigenvalue weighted by molar-refractivity contribution is 0.688. The second-order valence-electron chi connectivity index (χ2n) is 5.08. The van der Waals surface area contributed by atoms with E-state index in [-0.39, 0.29) is 0 Å². The summed E-state index contributed by atoms with van der Waals surface area (Å²) in [4.78, 5) is 9.14. The Kier molecular flexibility index (Phi) is 4.83. The number of nitrogen functional groups attached to an aromatic ring is 1.